The second kappa shape index (κ2) is 6.24. The Morgan fingerprint density at radius 3 is 2.62 bits per heavy atom. The molecule has 0 saturated heterocycles. The molecule has 0 radical (unpaired) electrons. The molecule has 0 aromatic heterocycles. The van der Waals surface area contributed by atoms with Crippen molar-refractivity contribution in [3.63, 3.8) is 0 Å². The molecule has 0 bridgehead atoms. The predicted molar refractivity (Wildman–Crippen MR) is 65.5 cm³/mol. The van der Waals surface area contributed by atoms with E-state index in [1.165, 1.54) is 25.7 Å². The number of nitrogens with zero attached hydrogens (tertiary/aromatic N) is 1. The summed E-state index contributed by atoms with van der Waals surface area (Å²) in [5.41, 5.74) is 0. The predicted octanol–water partition coefficient (Wildman–Crippen LogP) is 2.75. The van der Waals surface area contributed by atoms with Crippen LogP contribution in [0.5, 0.6) is 0 Å². The van der Waals surface area contributed by atoms with E-state index in [2.05, 4.69) is 25.8 Å². The van der Waals surface area contributed by atoms with E-state index >= 15 is 0 Å². The van der Waals surface area contributed by atoms with E-state index < -0.39 is 5.97 Å². The standard InChI is InChI=1S/C13H25NO2/c1-10-6-4-5-7-12(10)14(3)11(2)8-9-13(15)16/h10-12H,4-9H2,1-3H3,(H,15,16). The van der Waals surface area contributed by atoms with Crippen LogP contribution < -0.4 is 0 Å². The first-order valence-corrected chi connectivity index (χ1v) is 6.46. The summed E-state index contributed by atoms with van der Waals surface area (Å²) in [6, 6.07) is 1.03. The molecule has 1 rings (SSSR count). The van der Waals surface area contributed by atoms with Crippen molar-refractivity contribution >= 4 is 5.97 Å². The van der Waals surface area contributed by atoms with Crippen LogP contribution in [0.25, 0.3) is 0 Å². The van der Waals surface area contributed by atoms with Crippen LogP contribution in [0.4, 0.5) is 0 Å². The number of hydrogen-bond donors (Lipinski definition) is 1. The molecule has 3 nitrogen and oxygen atoms in total. The molecule has 0 heterocycles. The van der Waals surface area contributed by atoms with Crippen LogP contribution in [0.1, 0.15) is 52.4 Å². The molecule has 1 aliphatic rings. The highest BCUT2D eigenvalue weighted by Crippen LogP contribution is 2.28. The summed E-state index contributed by atoms with van der Waals surface area (Å²) in [4.78, 5) is 12.9. The average molecular weight is 227 g/mol. The molecule has 3 atom stereocenters. The number of carbonyl (C=O) groups is 1. The Kier molecular flexibility index (Phi) is 5.26. The lowest BCUT2D eigenvalue weighted by atomic mass is 9.84. The van der Waals surface area contributed by atoms with E-state index in [1.807, 2.05) is 0 Å². The summed E-state index contributed by atoms with van der Waals surface area (Å²) < 4.78 is 0. The van der Waals surface area contributed by atoms with Crippen LogP contribution in [0.3, 0.4) is 0 Å². The topological polar surface area (TPSA) is 40.5 Å². The maximum absolute atomic E-state index is 10.5. The highest BCUT2D eigenvalue weighted by molar-refractivity contribution is 5.66. The van der Waals surface area contributed by atoms with Gasteiger partial charge in [-0.25, -0.2) is 0 Å². The number of carboxylic acids is 1. The molecule has 0 amide bonds. The minimum atomic E-state index is -0.683. The second-order valence-electron chi connectivity index (χ2n) is 5.28. The van der Waals surface area contributed by atoms with Gasteiger partial charge in [-0.2, -0.15) is 0 Å². The monoisotopic (exact) mass is 227 g/mol. The summed E-state index contributed by atoms with van der Waals surface area (Å²) in [6.07, 6.45) is 6.32. The van der Waals surface area contributed by atoms with E-state index in [4.69, 9.17) is 5.11 Å². The summed E-state index contributed by atoms with van der Waals surface area (Å²) in [7, 11) is 2.15. The van der Waals surface area contributed by atoms with Crippen molar-refractivity contribution in [1.29, 1.82) is 0 Å². The maximum atomic E-state index is 10.5. The Balaban J connectivity index is 2.41. The first-order chi connectivity index (χ1) is 7.52. The van der Waals surface area contributed by atoms with Gasteiger partial charge < -0.3 is 10.0 Å². The molecular formula is C13H25NO2. The summed E-state index contributed by atoms with van der Waals surface area (Å²) in [6.45, 7) is 4.47. The maximum Gasteiger partial charge on any atom is 0.303 e. The Hall–Kier alpha value is -0.570. The van der Waals surface area contributed by atoms with Crippen molar-refractivity contribution in [2.75, 3.05) is 7.05 Å². The number of carboxylic acid groups (broad SMARTS) is 1. The Morgan fingerprint density at radius 2 is 2.06 bits per heavy atom. The molecular weight excluding hydrogens is 202 g/mol. The Bertz CT molecular complexity index is 230. The minimum absolute atomic E-state index is 0.284. The van der Waals surface area contributed by atoms with Crippen LogP contribution in [0.15, 0.2) is 0 Å². The van der Waals surface area contributed by atoms with Crippen molar-refractivity contribution < 1.29 is 9.90 Å². The van der Waals surface area contributed by atoms with Crippen molar-refractivity contribution in [3.8, 4) is 0 Å². The van der Waals surface area contributed by atoms with Gasteiger partial charge in [0.15, 0.2) is 0 Å². The van der Waals surface area contributed by atoms with E-state index in [-0.39, 0.29) is 6.42 Å². The van der Waals surface area contributed by atoms with Gasteiger partial charge in [-0.05, 0) is 39.2 Å². The van der Waals surface area contributed by atoms with Gasteiger partial charge in [-0.1, -0.05) is 19.8 Å². The fourth-order valence-corrected chi connectivity index (χ4v) is 2.76. The molecule has 0 aromatic carbocycles. The lowest BCUT2D eigenvalue weighted by molar-refractivity contribution is -0.137. The zero-order valence-corrected chi connectivity index (χ0v) is 10.8. The van der Waals surface area contributed by atoms with Gasteiger partial charge >= 0.3 is 5.97 Å². The molecule has 1 N–H and O–H groups in total. The molecule has 94 valence electrons. The number of aliphatic carboxylic acids is 1. The summed E-state index contributed by atoms with van der Waals surface area (Å²) in [5, 5.41) is 8.69. The Morgan fingerprint density at radius 1 is 1.44 bits per heavy atom. The van der Waals surface area contributed by atoms with Gasteiger partial charge in [0.2, 0.25) is 0 Å². The first kappa shape index (κ1) is 13.5. The van der Waals surface area contributed by atoms with E-state index in [0.717, 1.165) is 12.3 Å². The molecule has 0 aromatic rings. The van der Waals surface area contributed by atoms with Crippen molar-refractivity contribution in [1.82, 2.24) is 4.90 Å². The van der Waals surface area contributed by atoms with Gasteiger partial charge in [0.05, 0.1) is 0 Å². The first-order valence-electron chi connectivity index (χ1n) is 6.46. The van der Waals surface area contributed by atoms with Gasteiger partial charge in [-0.3, -0.25) is 4.79 Å². The normalized spacial score (nSPS) is 28.0. The van der Waals surface area contributed by atoms with Crippen molar-refractivity contribution in [2.45, 2.75) is 64.5 Å². The molecule has 3 unspecified atom stereocenters. The van der Waals surface area contributed by atoms with E-state index in [9.17, 15) is 4.79 Å². The average Bonchev–Trinajstić information content (AvgIpc) is 2.25. The van der Waals surface area contributed by atoms with Gasteiger partial charge in [0.1, 0.15) is 0 Å². The summed E-state index contributed by atoms with van der Waals surface area (Å²) >= 11 is 0. The molecule has 0 aliphatic heterocycles. The molecule has 1 saturated carbocycles. The lowest BCUT2D eigenvalue weighted by Gasteiger charge is -2.39. The van der Waals surface area contributed by atoms with Crippen LogP contribution >= 0.6 is 0 Å². The van der Waals surface area contributed by atoms with E-state index in [0.29, 0.717) is 12.1 Å². The lowest BCUT2D eigenvalue weighted by Crippen LogP contribution is -2.44. The Labute approximate surface area is 98.8 Å². The van der Waals surface area contributed by atoms with Gasteiger partial charge in [0.25, 0.3) is 0 Å². The molecule has 3 heteroatoms. The summed E-state index contributed by atoms with van der Waals surface area (Å²) in [5.74, 6) is 0.0722. The van der Waals surface area contributed by atoms with Crippen molar-refractivity contribution in [2.24, 2.45) is 5.92 Å². The van der Waals surface area contributed by atoms with Crippen molar-refractivity contribution in [3.05, 3.63) is 0 Å². The third kappa shape index (κ3) is 3.78. The molecule has 1 fully saturated rings. The number of hydrogen-bond acceptors (Lipinski definition) is 2. The van der Waals surface area contributed by atoms with Gasteiger partial charge in [0, 0.05) is 18.5 Å². The van der Waals surface area contributed by atoms with Gasteiger partial charge in [-0.15, -0.1) is 0 Å². The van der Waals surface area contributed by atoms with Crippen LogP contribution in [0.2, 0.25) is 0 Å². The number of rotatable bonds is 5. The quantitative estimate of drug-likeness (QED) is 0.785. The second-order valence-corrected chi connectivity index (χ2v) is 5.28. The van der Waals surface area contributed by atoms with Crippen LogP contribution in [0, 0.1) is 5.92 Å². The highest BCUT2D eigenvalue weighted by Gasteiger charge is 2.27. The van der Waals surface area contributed by atoms with Crippen LogP contribution in [-0.4, -0.2) is 35.1 Å². The smallest absolute Gasteiger partial charge is 0.303 e. The molecule has 1 aliphatic carbocycles. The fraction of sp³-hybridized carbons (Fsp3) is 0.923. The highest BCUT2D eigenvalue weighted by atomic mass is 16.4. The zero-order chi connectivity index (χ0) is 12.1. The van der Waals surface area contributed by atoms with E-state index in [1.54, 1.807) is 0 Å². The van der Waals surface area contributed by atoms with Crippen LogP contribution in [-0.2, 0) is 4.79 Å². The minimum Gasteiger partial charge on any atom is -0.481 e. The third-order valence-corrected chi connectivity index (χ3v) is 4.06. The largest absolute Gasteiger partial charge is 0.481 e. The third-order valence-electron chi connectivity index (χ3n) is 4.06. The molecule has 16 heavy (non-hydrogen) atoms. The SMILES string of the molecule is CC1CCCCC1N(C)C(C)CCC(=O)O. The molecule has 0 spiro atoms. The fourth-order valence-electron chi connectivity index (χ4n) is 2.76. The zero-order valence-electron chi connectivity index (χ0n) is 10.8.